The van der Waals surface area contributed by atoms with Crippen LogP contribution in [0.25, 0.3) is 0 Å². The second-order valence-electron chi connectivity index (χ2n) is 4.40. The molecule has 0 aromatic heterocycles. The van der Waals surface area contributed by atoms with Gasteiger partial charge in [-0.25, -0.2) is 4.79 Å². The molecule has 0 unspecified atom stereocenters. The third-order valence-corrected chi connectivity index (χ3v) is 3.02. The molecule has 4 amide bonds. The van der Waals surface area contributed by atoms with Crippen molar-refractivity contribution in [3.05, 3.63) is 35.4 Å². The largest absolute Gasteiger partial charge is 0.337 e. The summed E-state index contributed by atoms with van der Waals surface area (Å²) in [4.78, 5) is 36.5. The monoisotopic (exact) mass is 286 g/mol. The Morgan fingerprint density at radius 2 is 1.67 bits per heavy atom. The standard InChI is InChI=1S/C14H14N4O3/c15-6-3-7-16-14(21)17-8-9-18-12(19)10-4-1-2-5-11(10)13(18)20/h1-2,4-5H,3,7-9H2,(H2,16,17,21). The first kappa shape index (κ1) is 14.5. The zero-order valence-electron chi connectivity index (χ0n) is 11.3. The summed E-state index contributed by atoms with van der Waals surface area (Å²) in [6, 6.07) is 8.10. The van der Waals surface area contributed by atoms with E-state index >= 15 is 0 Å². The van der Waals surface area contributed by atoms with Crippen LogP contribution in [0.2, 0.25) is 0 Å². The van der Waals surface area contributed by atoms with Crippen molar-refractivity contribution in [3.63, 3.8) is 0 Å². The van der Waals surface area contributed by atoms with E-state index in [0.29, 0.717) is 11.1 Å². The fourth-order valence-electron chi connectivity index (χ4n) is 2.02. The second kappa shape index (κ2) is 6.52. The maximum absolute atomic E-state index is 12.0. The molecule has 21 heavy (non-hydrogen) atoms. The van der Waals surface area contributed by atoms with E-state index in [2.05, 4.69) is 10.6 Å². The fourth-order valence-corrected chi connectivity index (χ4v) is 2.02. The molecule has 1 aliphatic rings. The first-order valence-corrected chi connectivity index (χ1v) is 6.49. The number of rotatable bonds is 5. The van der Waals surface area contributed by atoms with Crippen LogP contribution in [0, 0.1) is 11.3 Å². The number of imide groups is 1. The minimum Gasteiger partial charge on any atom is -0.337 e. The highest BCUT2D eigenvalue weighted by molar-refractivity contribution is 6.21. The van der Waals surface area contributed by atoms with E-state index in [4.69, 9.17) is 5.26 Å². The normalized spacial score (nSPS) is 12.8. The molecule has 1 heterocycles. The summed E-state index contributed by atoms with van der Waals surface area (Å²) in [5.41, 5.74) is 0.780. The smallest absolute Gasteiger partial charge is 0.314 e. The zero-order valence-corrected chi connectivity index (χ0v) is 11.3. The van der Waals surface area contributed by atoms with Gasteiger partial charge in [0.05, 0.1) is 23.6 Å². The van der Waals surface area contributed by atoms with Gasteiger partial charge in [-0.05, 0) is 12.1 Å². The Labute approximate surface area is 121 Å². The van der Waals surface area contributed by atoms with Crippen LogP contribution in [0.3, 0.4) is 0 Å². The third kappa shape index (κ3) is 3.17. The van der Waals surface area contributed by atoms with Crippen LogP contribution < -0.4 is 10.6 Å². The molecule has 7 nitrogen and oxygen atoms in total. The minimum atomic E-state index is -0.429. The van der Waals surface area contributed by atoms with Gasteiger partial charge >= 0.3 is 6.03 Å². The SMILES string of the molecule is N#CCCNC(=O)NCCN1C(=O)c2ccccc2C1=O. The molecule has 0 saturated heterocycles. The predicted octanol–water partition coefficient (Wildman–Crippen LogP) is 0.495. The average molecular weight is 286 g/mol. The summed E-state index contributed by atoms with van der Waals surface area (Å²) in [5, 5.41) is 13.4. The van der Waals surface area contributed by atoms with Crippen molar-refractivity contribution in [3.8, 4) is 6.07 Å². The number of urea groups is 1. The van der Waals surface area contributed by atoms with E-state index < -0.39 is 6.03 Å². The van der Waals surface area contributed by atoms with Gasteiger partial charge in [-0.2, -0.15) is 5.26 Å². The van der Waals surface area contributed by atoms with Crippen molar-refractivity contribution in [2.75, 3.05) is 19.6 Å². The number of nitriles is 1. The molecular formula is C14H14N4O3. The highest BCUT2D eigenvalue weighted by Crippen LogP contribution is 2.21. The second-order valence-corrected chi connectivity index (χ2v) is 4.40. The molecule has 0 bridgehead atoms. The highest BCUT2D eigenvalue weighted by Gasteiger charge is 2.34. The van der Waals surface area contributed by atoms with E-state index in [-0.39, 0.29) is 37.9 Å². The lowest BCUT2D eigenvalue weighted by Gasteiger charge is -2.14. The topological polar surface area (TPSA) is 102 Å². The summed E-state index contributed by atoms with van der Waals surface area (Å²) in [5.74, 6) is -0.690. The van der Waals surface area contributed by atoms with Crippen LogP contribution in [0.5, 0.6) is 0 Å². The number of benzene rings is 1. The maximum atomic E-state index is 12.0. The van der Waals surface area contributed by atoms with Gasteiger partial charge in [0, 0.05) is 19.6 Å². The van der Waals surface area contributed by atoms with Gasteiger partial charge < -0.3 is 10.6 Å². The predicted molar refractivity (Wildman–Crippen MR) is 73.4 cm³/mol. The van der Waals surface area contributed by atoms with Gasteiger partial charge in [0.25, 0.3) is 11.8 Å². The van der Waals surface area contributed by atoms with Crippen LogP contribution in [0.4, 0.5) is 4.79 Å². The first-order valence-electron chi connectivity index (χ1n) is 6.49. The number of nitrogens with zero attached hydrogens (tertiary/aromatic N) is 2. The van der Waals surface area contributed by atoms with Gasteiger partial charge in [0.15, 0.2) is 0 Å². The molecule has 1 aromatic rings. The Bertz CT molecular complexity index is 586. The molecule has 0 fully saturated rings. The number of carbonyl (C=O) groups excluding carboxylic acids is 3. The minimum absolute atomic E-state index is 0.109. The third-order valence-electron chi connectivity index (χ3n) is 3.02. The Hall–Kier alpha value is -2.88. The van der Waals surface area contributed by atoms with Crippen molar-refractivity contribution in [2.45, 2.75) is 6.42 Å². The summed E-state index contributed by atoms with van der Waals surface area (Å²) >= 11 is 0. The Kier molecular flexibility index (Phi) is 4.51. The quantitative estimate of drug-likeness (QED) is 0.607. The van der Waals surface area contributed by atoms with Crippen molar-refractivity contribution in [2.24, 2.45) is 0 Å². The molecule has 0 aliphatic carbocycles. The summed E-state index contributed by atoms with van der Waals surface area (Å²) in [6.07, 6.45) is 0.228. The van der Waals surface area contributed by atoms with Gasteiger partial charge in [-0.3, -0.25) is 14.5 Å². The Balaban J connectivity index is 1.83. The Morgan fingerprint density at radius 1 is 1.10 bits per heavy atom. The van der Waals surface area contributed by atoms with E-state index in [1.54, 1.807) is 24.3 Å². The first-order chi connectivity index (χ1) is 10.1. The number of carbonyl (C=O) groups is 3. The molecular weight excluding hydrogens is 272 g/mol. The number of fused-ring (bicyclic) bond motifs is 1. The van der Waals surface area contributed by atoms with Crippen molar-refractivity contribution >= 4 is 17.8 Å². The lowest BCUT2D eigenvalue weighted by atomic mass is 10.1. The van der Waals surface area contributed by atoms with Gasteiger partial charge in [0.1, 0.15) is 0 Å². The molecule has 1 aliphatic heterocycles. The molecule has 2 N–H and O–H groups in total. The molecule has 0 atom stereocenters. The molecule has 2 rings (SSSR count). The van der Waals surface area contributed by atoms with Crippen LogP contribution in [-0.2, 0) is 0 Å². The lowest BCUT2D eigenvalue weighted by Crippen LogP contribution is -2.42. The Morgan fingerprint density at radius 3 is 2.24 bits per heavy atom. The van der Waals surface area contributed by atoms with Crippen LogP contribution >= 0.6 is 0 Å². The number of nitrogens with one attached hydrogen (secondary N) is 2. The van der Waals surface area contributed by atoms with Crippen molar-refractivity contribution in [1.29, 1.82) is 5.26 Å². The average Bonchev–Trinajstić information content (AvgIpc) is 2.73. The number of hydrogen-bond acceptors (Lipinski definition) is 4. The van der Waals surface area contributed by atoms with Crippen molar-refractivity contribution < 1.29 is 14.4 Å². The summed E-state index contributed by atoms with van der Waals surface area (Å²) in [6.45, 7) is 0.525. The van der Waals surface area contributed by atoms with Gasteiger partial charge in [0.2, 0.25) is 0 Å². The number of amides is 4. The summed E-state index contributed by atoms with van der Waals surface area (Å²) in [7, 11) is 0. The van der Waals surface area contributed by atoms with Gasteiger partial charge in [-0.1, -0.05) is 12.1 Å². The van der Waals surface area contributed by atoms with E-state index in [1.807, 2.05) is 6.07 Å². The van der Waals surface area contributed by atoms with E-state index in [1.165, 1.54) is 0 Å². The molecule has 1 aromatic carbocycles. The van der Waals surface area contributed by atoms with Crippen molar-refractivity contribution in [1.82, 2.24) is 15.5 Å². The molecule has 0 spiro atoms. The van der Waals surface area contributed by atoms with E-state index in [9.17, 15) is 14.4 Å². The zero-order chi connectivity index (χ0) is 15.2. The highest BCUT2D eigenvalue weighted by atomic mass is 16.2. The molecule has 7 heteroatoms. The lowest BCUT2D eigenvalue weighted by molar-refractivity contribution is 0.0656. The molecule has 0 radical (unpaired) electrons. The maximum Gasteiger partial charge on any atom is 0.314 e. The van der Waals surface area contributed by atoms with E-state index in [0.717, 1.165) is 4.90 Å². The molecule has 0 saturated carbocycles. The fraction of sp³-hybridized carbons (Fsp3) is 0.286. The van der Waals surface area contributed by atoms with Crippen LogP contribution in [-0.4, -0.2) is 42.4 Å². The van der Waals surface area contributed by atoms with Gasteiger partial charge in [-0.15, -0.1) is 0 Å². The molecule has 108 valence electrons. The number of hydrogen-bond donors (Lipinski definition) is 2. The van der Waals surface area contributed by atoms with Crippen LogP contribution in [0.15, 0.2) is 24.3 Å². The summed E-state index contributed by atoms with van der Waals surface area (Å²) < 4.78 is 0. The van der Waals surface area contributed by atoms with Crippen LogP contribution in [0.1, 0.15) is 27.1 Å².